The third-order valence-electron chi connectivity index (χ3n) is 5.61. The number of nitrogens with zero attached hydrogens (tertiary/aromatic N) is 2. The normalized spacial score (nSPS) is 17.2. The smallest absolute Gasteiger partial charge is 0.146 e. The number of aromatic nitrogens is 1. The molecule has 0 fully saturated rings. The molecule has 6 heteroatoms. The maximum Gasteiger partial charge on any atom is 0.146 e. The first-order valence-corrected chi connectivity index (χ1v) is 10.3. The number of ether oxygens (including phenoxy) is 2. The van der Waals surface area contributed by atoms with Gasteiger partial charge in [-0.1, -0.05) is 18.2 Å². The second-order valence-electron chi connectivity index (χ2n) is 7.67. The van der Waals surface area contributed by atoms with Crippen molar-refractivity contribution in [3.8, 4) is 11.5 Å². The van der Waals surface area contributed by atoms with E-state index >= 15 is 0 Å². The molecule has 2 aromatic carbocycles. The summed E-state index contributed by atoms with van der Waals surface area (Å²) < 4.78 is 23.9. The van der Waals surface area contributed by atoms with Crippen LogP contribution >= 0.6 is 0 Å². The predicted molar refractivity (Wildman–Crippen MR) is 120 cm³/mol. The highest BCUT2D eigenvalue weighted by Crippen LogP contribution is 2.47. The number of alkyl halides is 1. The van der Waals surface area contributed by atoms with E-state index in [0.29, 0.717) is 30.3 Å². The number of halogens is 1. The number of amidine groups is 1. The van der Waals surface area contributed by atoms with Crippen LogP contribution in [0, 0.1) is 13.8 Å². The molecule has 0 aliphatic carbocycles. The molecule has 3 aromatic rings. The number of methoxy groups -OCH3 is 1. The lowest BCUT2D eigenvalue weighted by atomic mass is 9.77. The van der Waals surface area contributed by atoms with E-state index in [9.17, 15) is 4.39 Å². The summed E-state index contributed by atoms with van der Waals surface area (Å²) in [5, 5.41) is 0. The molecule has 0 spiro atoms. The van der Waals surface area contributed by atoms with E-state index in [1.54, 1.807) is 13.3 Å². The highest BCUT2D eigenvalue weighted by Gasteiger charge is 2.44. The van der Waals surface area contributed by atoms with Crippen molar-refractivity contribution in [3.05, 3.63) is 88.2 Å². The van der Waals surface area contributed by atoms with Gasteiger partial charge in [0.1, 0.15) is 28.6 Å². The maximum absolute atomic E-state index is 12.5. The zero-order chi connectivity index (χ0) is 22.0. The molecule has 1 aromatic heterocycles. The minimum Gasteiger partial charge on any atom is -0.496 e. The highest BCUT2D eigenvalue weighted by molar-refractivity contribution is 6.01. The van der Waals surface area contributed by atoms with E-state index in [-0.39, 0.29) is 0 Å². The van der Waals surface area contributed by atoms with E-state index in [0.717, 1.165) is 33.6 Å². The van der Waals surface area contributed by atoms with Crippen molar-refractivity contribution in [1.82, 2.24) is 4.98 Å². The standard InChI is InChI=1S/C25H26FN3O2/c1-16-13-19(14-17(2)23(16)30-3)25(21-9-5-11-28-22(21)24(27)29-25)18-7-4-8-20(15-18)31-12-6-10-26/h4-5,7-9,11,13-15H,6,10,12H2,1-3H3,(H2,27,29). The molecule has 0 saturated carbocycles. The molecule has 0 amide bonds. The van der Waals surface area contributed by atoms with Crippen LogP contribution in [0.2, 0.25) is 0 Å². The number of hydrogen-bond acceptors (Lipinski definition) is 5. The molecule has 31 heavy (non-hydrogen) atoms. The van der Waals surface area contributed by atoms with Crippen LogP contribution in [0.15, 0.2) is 59.7 Å². The third kappa shape index (κ3) is 3.52. The predicted octanol–water partition coefficient (Wildman–Crippen LogP) is 4.46. The summed E-state index contributed by atoms with van der Waals surface area (Å²) in [5.41, 5.74) is 11.0. The van der Waals surface area contributed by atoms with E-state index in [1.807, 2.05) is 50.2 Å². The second-order valence-corrected chi connectivity index (χ2v) is 7.67. The average molecular weight is 420 g/mol. The summed E-state index contributed by atoms with van der Waals surface area (Å²) in [7, 11) is 1.67. The summed E-state index contributed by atoms with van der Waals surface area (Å²) in [6.07, 6.45) is 2.07. The van der Waals surface area contributed by atoms with Crippen molar-refractivity contribution in [2.45, 2.75) is 25.8 Å². The lowest BCUT2D eigenvalue weighted by Crippen LogP contribution is -2.26. The number of aliphatic imine (C=N–C) groups is 1. The molecular formula is C25H26FN3O2. The number of rotatable bonds is 7. The quantitative estimate of drug-likeness (QED) is 0.574. The molecule has 2 heterocycles. The molecule has 1 aliphatic heterocycles. The Morgan fingerprint density at radius 3 is 2.52 bits per heavy atom. The van der Waals surface area contributed by atoms with Gasteiger partial charge in [0, 0.05) is 18.2 Å². The molecule has 1 aliphatic rings. The molecule has 0 saturated heterocycles. The molecule has 0 radical (unpaired) electrons. The van der Waals surface area contributed by atoms with Gasteiger partial charge in [0.15, 0.2) is 0 Å². The topological polar surface area (TPSA) is 69.7 Å². The molecule has 160 valence electrons. The largest absolute Gasteiger partial charge is 0.496 e. The molecule has 5 nitrogen and oxygen atoms in total. The first-order valence-electron chi connectivity index (χ1n) is 10.3. The second kappa shape index (κ2) is 8.38. The van der Waals surface area contributed by atoms with Gasteiger partial charge in [-0.05, 0) is 66.4 Å². The molecule has 2 N–H and O–H groups in total. The van der Waals surface area contributed by atoms with Crippen molar-refractivity contribution >= 4 is 5.84 Å². The van der Waals surface area contributed by atoms with Gasteiger partial charge in [-0.2, -0.15) is 0 Å². The van der Waals surface area contributed by atoms with E-state index in [1.165, 1.54) is 0 Å². The van der Waals surface area contributed by atoms with Crippen LogP contribution in [0.3, 0.4) is 0 Å². The Bertz CT molecular complexity index is 1120. The number of aryl methyl sites for hydroxylation is 2. The van der Waals surface area contributed by atoms with Gasteiger partial charge in [0.05, 0.1) is 20.4 Å². The van der Waals surface area contributed by atoms with Crippen LogP contribution in [0.5, 0.6) is 11.5 Å². The van der Waals surface area contributed by atoms with Crippen molar-refractivity contribution in [2.75, 3.05) is 20.4 Å². The van der Waals surface area contributed by atoms with E-state index < -0.39 is 12.2 Å². The van der Waals surface area contributed by atoms with Crippen LogP contribution in [-0.2, 0) is 5.54 Å². The van der Waals surface area contributed by atoms with Gasteiger partial charge >= 0.3 is 0 Å². The van der Waals surface area contributed by atoms with Crippen molar-refractivity contribution in [2.24, 2.45) is 10.7 Å². The Hall–Kier alpha value is -3.41. The lowest BCUT2D eigenvalue weighted by Gasteiger charge is -2.30. The van der Waals surface area contributed by atoms with Crippen LogP contribution in [0.25, 0.3) is 0 Å². The van der Waals surface area contributed by atoms with Crippen molar-refractivity contribution in [3.63, 3.8) is 0 Å². The summed E-state index contributed by atoms with van der Waals surface area (Å²) in [6.45, 7) is 3.95. The summed E-state index contributed by atoms with van der Waals surface area (Å²) >= 11 is 0. The molecule has 0 bridgehead atoms. The van der Waals surface area contributed by atoms with Gasteiger partial charge in [-0.3, -0.25) is 9.37 Å². The van der Waals surface area contributed by atoms with Gasteiger partial charge in [0.2, 0.25) is 0 Å². The molecule has 1 atom stereocenters. The zero-order valence-electron chi connectivity index (χ0n) is 18.0. The SMILES string of the molecule is COc1c(C)cc(C2(c3cccc(OCCCF)c3)N=C(N)c3ncccc32)cc1C. The van der Waals surface area contributed by atoms with Crippen molar-refractivity contribution in [1.29, 1.82) is 0 Å². The van der Waals surface area contributed by atoms with Crippen LogP contribution in [0.4, 0.5) is 4.39 Å². The minimum atomic E-state index is -0.866. The Labute approximate surface area is 181 Å². The van der Waals surface area contributed by atoms with Gasteiger partial charge in [0.25, 0.3) is 0 Å². The van der Waals surface area contributed by atoms with Gasteiger partial charge < -0.3 is 15.2 Å². The van der Waals surface area contributed by atoms with Crippen LogP contribution < -0.4 is 15.2 Å². The van der Waals surface area contributed by atoms with Crippen molar-refractivity contribution < 1.29 is 13.9 Å². The highest BCUT2D eigenvalue weighted by atomic mass is 19.1. The van der Waals surface area contributed by atoms with E-state index in [2.05, 4.69) is 17.1 Å². The summed E-state index contributed by atoms with van der Waals surface area (Å²) in [5.74, 6) is 1.91. The Morgan fingerprint density at radius 1 is 1.03 bits per heavy atom. The first kappa shape index (κ1) is 20.8. The number of nitrogens with two attached hydrogens (primary N) is 1. The maximum atomic E-state index is 12.5. The fourth-order valence-corrected chi connectivity index (χ4v) is 4.34. The van der Waals surface area contributed by atoms with Gasteiger partial charge in [-0.25, -0.2) is 4.99 Å². The number of pyridine rings is 1. The number of fused-ring (bicyclic) bond motifs is 1. The lowest BCUT2D eigenvalue weighted by molar-refractivity contribution is 0.289. The monoisotopic (exact) mass is 419 g/mol. The van der Waals surface area contributed by atoms with E-state index in [4.69, 9.17) is 20.2 Å². The van der Waals surface area contributed by atoms with Crippen LogP contribution in [0.1, 0.15) is 39.9 Å². The molecule has 4 rings (SSSR count). The fourth-order valence-electron chi connectivity index (χ4n) is 4.34. The zero-order valence-corrected chi connectivity index (χ0v) is 18.0. The summed E-state index contributed by atoms with van der Waals surface area (Å²) in [6, 6.07) is 15.8. The Morgan fingerprint density at radius 2 is 1.81 bits per heavy atom. The summed E-state index contributed by atoms with van der Waals surface area (Å²) in [4.78, 5) is 9.47. The van der Waals surface area contributed by atoms with Gasteiger partial charge in [-0.15, -0.1) is 0 Å². The molecular weight excluding hydrogens is 393 g/mol. The number of benzene rings is 2. The minimum absolute atomic E-state index is 0.317. The number of hydrogen-bond donors (Lipinski definition) is 1. The fraction of sp³-hybridized carbons (Fsp3) is 0.280. The average Bonchev–Trinajstić information content (AvgIpc) is 3.08. The first-order chi connectivity index (χ1) is 15.0. The Kier molecular flexibility index (Phi) is 5.63. The Balaban J connectivity index is 1.95. The molecule has 1 unspecified atom stereocenters. The van der Waals surface area contributed by atoms with Crippen LogP contribution in [-0.4, -0.2) is 31.2 Å². The third-order valence-corrected chi connectivity index (χ3v) is 5.61.